The third-order valence-corrected chi connectivity index (χ3v) is 4.74. The fraction of sp³-hybridized carbons (Fsp3) is 0.316. The van der Waals surface area contributed by atoms with E-state index in [4.69, 9.17) is 9.47 Å². The Kier molecular flexibility index (Phi) is 4.24. The van der Waals surface area contributed by atoms with E-state index >= 15 is 0 Å². The van der Waals surface area contributed by atoms with Crippen LogP contribution in [0.15, 0.2) is 48.5 Å². The van der Waals surface area contributed by atoms with Crippen LogP contribution in [0.1, 0.15) is 29.4 Å². The summed E-state index contributed by atoms with van der Waals surface area (Å²) in [7, 11) is 3.23. The summed E-state index contributed by atoms with van der Waals surface area (Å²) in [5, 5.41) is 9.74. The van der Waals surface area contributed by atoms with Crippen molar-refractivity contribution in [1.29, 1.82) is 0 Å². The third kappa shape index (κ3) is 2.65. The number of carboxylic acids is 1. The summed E-state index contributed by atoms with van der Waals surface area (Å²) in [6, 6.07) is 15.3. The van der Waals surface area contributed by atoms with Crippen LogP contribution in [0.2, 0.25) is 0 Å². The number of hydrogen-bond donors (Lipinski definition) is 1. The second kappa shape index (κ2) is 6.32. The molecule has 0 aliphatic heterocycles. The molecule has 1 N–H and O–H groups in total. The van der Waals surface area contributed by atoms with Gasteiger partial charge in [0.05, 0.1) is 20.1 Å². The zero-order chi connectivity index (χ0) is 16.4. The van der Waals surface area contributed by atoms with Crippen LogP contribution in [0.3, 0.4) is 0 Å². The predicted octanol–water partition coefficient (Wildman–Crippen LogP) is 3.68. The molecule has 0 radical (unpaired) electrons. The first-order valence-electron chi connectivity index (χ1n) is 7.66. The number of carboxylic acid groups (broad SMARTS) is 1. The fourth-order valence-electron chi connectivity index (χ4n) is 3.58. The van der Waals surface area contributed by atoms with E-state index in [1.54, 1.807) is 14.2 Å². The lowest BCUT2D eigenvalue weighted by Gasteiger charge is -2.43. The number of rotatable bonds is 5. The van der Waals surface area contributed by atoms with E-state index in [1.165, 1.54) is 0 Å². The van der Waals surface area contributed by atoms with Crippen LogP contribution in [0, 0.1) is 5.92 Å². The molecule has 0 saturated heterocycles. The molecule has 1 fully saturated rings. The zero-order valence-corrected chi connectivity index (χ0v) is 13.2. The molecule has 2 aromatic rings. The van der Waals surface area contributed by atoms with Gasteiger partial charge in [-0.15, -0.1) is 0 Å². The summed E-state index contributed by atoms with van der Waals surface area (Å²) in [4.78, 5) is 11.9. The van der Waals surface area contributed by atoms with E-state index in [0.717, 1.165) is 29.0 Å². The van der Waals surface area contributed by atoms with Crippen LogP contribution < -0.4 is 9.47 Å². The van der Waals surface area contributed by atoms with Gasteiger partial charge in [0, 0.05) is 11.8 Å². The molecule has 0 amide bonds. The number of benzene rings is 2. The average molecular weight is 312 g/mol. The molecule has 2 unspecified atom stereocenters. The van der Waals surface area contributed by atoms with Crippen LogP contribution in [-0.4, -0.2) is 25.3 Å². The van der Waals surface area contributed by atoms with E-state index in [0.29, 0.717) is 0 Å². The van der Waals surface area contributed by atoms with Crippen LogP contribution >= 0.6 is 0 Å². The maximum Gasteiger partial charge on any atom is 0.307 e. The molecule has 0 aromatic heterocycles. The highest BCUT2D eigenvalue weighted by atomic mass is 16.5. The van der Waals surface area contributed by atoms with Crippen LogP contribution in [0.25, 0.3) is 0 Å². The van der Waals surface area contributed by atoms with Crippen LogP contribution in [0.4, 0.5) is 0 Å². The summed E-state index contributed by atoms with van der Waals surface area (Å²) < 4.78 is 10.8. The SMILES string of the molecule is COc1ccccc1C1CC(c2ccccc2OC)C1C(=O)O. The Labute approximate surface area is 135 Å². The van der Waals surface area contributed by atoms with Gasteiger partial charge in [-0.05, 0) is 29.7 Å². The third-order valence-electron chi connectivity index (χ3n) is 4.74. The molecule has 1 saturated carbocycles. The molecule has 2 aromatic carbocycles. The smallest absolute Gasteiger partial charge is 0.307 e. The normalized spacial score (nSPS) is 23.0. The molecule has 0 bridgehead atoms. The first-order valence-corrected chi connectivity index (χ1v) is 7.66. The zero-order valence-electron chi connectivity index (χ0n) is 13.2. The number of para-hydroxylation sites is 2. The first kappa shape index (κ1) is 15.4. The Hall–Kier alpha value is -2.49. The standard InChI is InChI=1S/C19H20O4/c1-22-16-9-5-3-7-12(16)14-11-15(18(14)19(20)21)13-8-4-6-10-17(13)23-2/h3-10,14-15,18H,11H2,1-2H3,(H,20,21). The van der Waals surface area contributed by atoms with Gasteiger partial charge in [0.1, 0.15) is 11.5 Å². The number of carbonyl (C=O) groups is 1. The largest absolute Gasteiger partial charge is 0.496 e. The number of hydrogen-bond acceptors (Lipinski definition) is 3. The predicted molar refractivity (Wildman–Crippen MR) is 87.2 cm³/mol. The molecule has 0 spiro atoms. The van der Waals surface area contributed by atoms with Crippen LogP contribution in [-0.2, 0) is 4.79 Å². The van der Waals surface area contributed by atoms with E-state index < -0.39 is 11.9 Å². The highest BCUT2D eigenvalue weighted by Gasteiger charge is 2.48. The van der Waals surface area contributed by atoms with Crippen molar-refractivity contribution in [2.45, 2.75) is 18.3 Å². The van der Waals surface area contributed by atoms with Gasteiger partial charge in [-0.1, -0.05) is 36.4 Å². The summed E-state index contributed by atoms with van der Waals surface area (Å²) in [5.74, 6) is 0.173. The fourth-order valence-corrected chi connectivity index (χ4v) is 3.58. The Morgan fingerprint density at radius 1 is 0.913 bits per heavy atom. The number of ether oxygens (including phenoxy) is 2. The van der Waals surface area contributed by atoms with Crippen molar-refractivity contribution in [3.05, 3.63) is 59.7 Å². The van der Waals surface area contributed by atoms with E-state index in [2.05, 4.69) is 0 Å². The molecule has 1 aliphatic carbocycles. The minimum Gasteiger partial charge on any atom is -0.496 e. The van der Waals surface area contributed by atoms with Gasteiger partial charge in [0.25, 0.3) is 0 Å². The Morgan fingerprint density at radius 2 is 1.35 bits per heavy atom. The minimum atomic E-state index is -0.775. The molecule has 1 aliphatic rings. The van der Waals surface area contributed by atoms with Gasteiger partial charge >= 0.3 is 5.97 Å². The highest BCUT2D eigenvalue weighted by Crippen LogP contribution is 2.56. The Balaban J connectivity index is 1.94. The Bertz CT molecular complexity index is 657. The summed E-state index contributed by atoms with van der Waals surface area (Å²) in [6.07, 6.45) is 0.776. The Morgan fingerprint density at radius 3 is 1.74 bits per heavy atom. The lowest BCUT2D eigenvalue weighted by molar-refractivity contribution is -0.147. The second-order valence-electron chi connectivity index (χ2n) is 5.80. The summed E-state index contributed by atoms with van der Waals surface area (Å²) in [6.45, 7) is 0. The van der Waals surface area contributed by atoms with Crippen molar-refractivity contribution >= 4 is 5.97 Å². The van der Waals surface area contributed by atoms with E-state index in [1.807, 2.05) is 48.5 Å². The molecule has 120 valence electrons. The molecule has 3 rings (SSSR count). The lowest BCUT2D eigenvalue weighted by Crippen LogP contribution is -2.39. The maximum absolute atomic E-state index is 11.9. The van der Waals surface area contributed by atoms with Crippen molar-refractivity contribution in [1.82, 2.24) is 0 Å². The van der Waals surface area contributed by atoms with E-state index in [9.17, 15) is 9.90 Å². The van der Waals surface area contributed by atoms with Gasteiger partial charge in [0.2, 0.25) is 0 Å². The second-order valence-corrected chi connectivity index (χ2v) is 5.80. The topological polar surface area (TPSA) is 55.8 Å². The summed E-state index contributed by atoms with van der Waals surface area (Å²) in [5.41, 5.74) is 1.93. The number of aliphatic carboxylic acids is 1. The summed E-state index contributed by atoms with van der Waals surface area (Å²) >= 11 is 0. The van der Waals surface area contributed by atoms with Gasteiger partial charge in [-0.3, -0.25) is 4.79 Å². The lowest BCUT2D eigenvalue weighted by atomic mass is 9.59. The number of methoxy groups -OCH3 is 2. The molecule has 4 nitrogen and oxygen atoms in total. The van der Waals surface area contributed by atoms with Crippen molar-refractivity contribution in [2.75, 3.05) is 14.2 Å². The van der Waals surface area contributed by atoms with Gasteiger partial charge in [0.15, 0.2) is 0 Å². The first-order chi connectivity index (χ1) is 11.2. The average Bonchev–Trinajstić information content (AvgIpc) is 2.54. The molecule has 2 atom stereocenters. The van der Waals surface area contributed by atoms with Crippen molar-refractivity contribution < 1.29 is 19.4 Å². The van der Waals surface area contributed by atoms with E-state index in [-0.39, 0.29) is 11.8 Å². The quantitative estimate of drug-likeness (QED) is 0.915. The van der Waals surface area contributed by atoms with Crippen molar-refractivity contribution in [3.63, 3.8) is 0 Å². The van der Waals surface area contributed by atoms with Gasteiger partial charge in [-0.25, -0.2) is 0 Å². The molecular formula is C19H20O4. The monoisotopic (exact) mass is 312 g/mol. The van der Waals surface area contributed by atoms with Crippen LogP contribution in [0.5, 0.6) is 11.5 Å². The minimum absolute atomic E-state index is 0.0430. The van der Waals surface area contributed by atoms with Crippen molar-refractivity contribution in [2.24, 2.45) is 5.92 Å². The highest BCUT2D eigenvalue weighted by molar-refractivity contribution is 5.75. The van der Waals surface area contributed by atoms with Gasteiger partial charge in [-0.2, -0.15) is 0 Å². The maximum atomic E-state index is 11.9. The van der Waals surface area contributed by atoms with Gasteiger partial charge < -0.3 is 14.6 Å². The molecule has 23 heavy (non-hydrogen) atoms. The molecule has 4 heteroatoms. The molecule has 0 heterocycles. The van der Waals surface area contributed by atoms with Crippen molar-refractivity contribution in [3.8, 4) is 11.5 Å². The molecular weight excluding hydrogens is 292 g/mol.